The number of nitrogens with zero attached hydrogens (tertiary/aromatic N) is 2. The van der Waals surface area contributed by atoms with Crippen molar-refractivity contribution in [3.8, 4) is 22.8 Å². The van der Waals surface area contributed by atoms with Crippen molar-refractivity contribution in [2.24, 2.45) is 0 Å². The second-order valence-corrected chi connectivity index (χ2v) is 6.23. The van der Waals surface area contributed by atoms with Crippen LogP contribution in [0.5, 0.6) is 11.5 Å². The van der Waals surface area contributed by atoms with Crippen LogP contribution in [0.25, 0.3) is 11.3 Å². The molecule has 0 aliphatic carbocycles. The number of rotatable bonds is 5. The molecule has 25 heavy (non-hydrogen) atoms. The van der Waals surface area contributed by atoms with Gasteiger partial charge in [0.15, 0.2) is 0 Å². The maximum atomic E-state index is 5.85. The van der Waals surface area contributed by atoms with Crippen LogP contribution >= 0.6 is 0 Å². The van der Waals surface area contributed by atoms with Crippen LogP contribution in [0.15, 0.2) is 60.7 Å². The third-order valence-corrected chi connectivity index (χ3v) is 4.43. The molecule has 2 heterocycles. The highest BCUT2D eigenvalue weighted by Crippen LogP contribution is 2.30. The van der Waals surface area contributed by atoms with Crippen LogP contribution < -0.4 is 15.4 Å². The fourth-order valence-electron chi connectivity index (χ4n) is 3.18. The van der Waals surface area contributed by atoms with E-state index in [-0.39, 0.29) is 0 Å². The van der Waals surface area contributed by atoms with Crippen molar-refractivity contribution in [1.29, 1.82) is 0 Å². The molecule has 5 nitrogen and oxygen atoms in total. The molecule has 2 N–H and O–H groups in total. The molecule has 1 aliphatic heterocycles. The zero-order valence-corrected chi connectivity index (χ0v) is 14.3. The lowest BCUT2D eigenvalue weighted by molar-refractivity contribution is 0.406. The van der Waals surface area contributed by atoms with Crippen LogP contribution in [-0.2, 0) is 0 Å². The van der Waals surface area contributed by atoms with Crippen LogP contribution in [-0.4, -0.2) is 29.9 Å². The molecule has 0 fully saturated rings. The third kappa shape index (κ3) is 3.37. The second-order valence-electron chi connectivity index (χ2n) is 6.23. The number of fused-ring (bicyclic) bond motifs is 1. The molecule has 1 aromatic heterocycles. The molecule has 0 saturated carbocycles. The van der Waals surface area contributed by atoms with Crippen molar-refractivity contribution in [1.82, 2.24) is 15.1 Å². The Bertz CT molecular complexity index is 827. The van der Waals surface area contributed by atoms with Gasteiger partial charge in [-0.15, -0.1) is 0 Å². The van der Waals surface area contributed by atoms with E-state index in [1.165, 1.54) is 0 Å². The summed E-state index contributed by atoms with van der Waals surface area (Å²) in [6.45, 7) is 1.92. The highest BCUT2D eigenvalue weighted by molar-refractivity contribution is 5.64. The highest BCUT2D eigenvalue weighted by atomic mass is 16.5. The van der Waals surface area contributed by atoms with E-state index in [1.807, 2.05) is 49.5 Å². The molecule has 0 radical (unpaired) electrons. The highest BCUT2D eigenvalue weighted by Gasteiger charge is 2.21. The van der Waals surface area contributed by atoms with Gasteiger partial charge in [-0.25, -0.2) is 4.68 Å². The van der Waals surface area contributed by atoms with Crippen molar-refractivity contribution in [2.75, 3.05) is 25.5 Å². The molecule has 3 aromatic rings. The molecule has 5 heteroatoms. The number of likely N-dealkylation sites (N-methyl/N-ethyl adjacent to an activating group) is 1. The number of anilines is 1. The minimum absolute atomic E-state index is 0.399. The van der Waals surface area contributed by atoms with E-state index in [9.17, 15) is 0 Å². The van der Waals surface area contributed by atoms with E-state index < -0.39 is 0 Å². The van der Waals surface area contributed by atoms with Crippen molar-refractivity contribution >= 4 is 5.82 Å². The van der Waals surface area contributed by atoms with Gasteiger partial charge in [-0.3, -0.25) is 0 Å². The quantitative estimate of drug-likeness (QED) is 0.742. The smallest absolute Gasteiger partial charge is 0.127 e. The Morgan fingerprint density at radius 1 is 1.12 bits per heavy atom. The van der Waals surface area contributed by atoms with Crippen molar-refractivity contribution < 1.29 is 4.74 Å². The number of hydrogen-bond donors (Lipinski definition) is 2. The predicted octanol–water partition coefficient (Wildman–Crippen LogP) is 3.92. The third-order valence-electron chi connectivity index (χ3n) is 4.43. The summed E-state index contributed by atoms with van der Waals surface area (Å²) < 4.78 is 7.95. The molecule has 1 unspecified atom stereocenters. The summed E-state index contributed by atoms with van der Waals surface area (Å²) in [4.78, 5) is 0. The molecule has 128 valence electrons. The molecule has 0 spiro atoms. The van der Waals surface area contributed by atoms with Crippen molar-refractivity contribution in [2.45, 2.75) is 12.5 Å². The van der Waals surface area contributed by atoms with Gasteiger partial charge in [-0.1, -0.05) is 18.2 Å². The normalized spacial score (nSPS) is 16.1. The average Bonchev–Trinajstić information content (AvgIpc) is 3.09. The largest absolute Gasteiger partial charge is 0.457 e. The van der Waals surface area contributed by atoms with Gasteiger partial charge in [0.25, 0.3) is 0 Å². The van der Waals surface area contributed by atoms with Crippen LogP contribution in [0.1, 0.15) is 12.5 Å². The molecule has 2 aromatic carbocycles. The molecule has 0 saturated heterocycles. The van der Waals surface area contributed by atoms with Crippen LogP contribution in [0, 0.1) is 0 Å². The number of aromatic nitrogens is 2. The Kier molecular flexibility index (Phi) is 4.39. The Morgan fingerprint density at radius 3 is 2.64 bits per heavy atom. The first-order valence-electron chi connectivity index (χ1n) is 8.65. The maximum Gasteiger partial charge on any atom is 0.127 e. The zero-order chi connectivity index (χ0) is 17.1. The van der Waals surface area contributed by atoms with E-state index in [4.69, 9.17) is 9.84 Å². The predicted molar refractivity (Wildman–Crippen MR) is 100 cm³/mol. The number of ether oxygens (including phenoxy) is 1. The van der Waals surface area contributed by atoms with Gasteiger partial charge in [0.1, 0.15) is 17.3 Å². The first-order valence-corrected chi connectivity index (χ1v) is 8.65. The summed E-state index contributed by atoms with van der Waals surface area (Å²) in [6.07, 6.45) is 1.08. The summed E-state index contributed by atoms with van der Waals surface area (Å²) in [5.74, 6) is 2.75. The molecule has 4 rings (SSSR count). The van der Waals surface area contributed by atoms with Crippen LogP contribution in [0.3, 0.4) is 0 Å². The first kappa shape index (κ1) is 15.7. The number of para-hydroxylation sites is 1. The zero-order valence-electron chi connectivity index (χ0n) is 14.3. The average molecular weight is 334 g/mol. The molecule has 0 bridgehead atoms. The van der Waals surface area contributed by atoms with E-state index >= 15 is 0 Å². The van der Waals surface area contributed by atoms with E-state index in [1.54, 1.807) is 0 Å². The monoisotopic (exact) mass is 334 g/mol. The van der Waals surface area contributed by atoms with E-state index in [2.05, 4.69) is 33.5 Å². The van der Waals surface area contributed by atoms with Gasteiger partial charge in [0.05, 0.1) is 11.7 Å². The summed E-state index contributed by atoms with van der Waals surface area (Å²) in [7, 11) is 1.98. The molecule has 0 amide bonds. The topological polar surface area (TPSA) is 51.1 Å². The minimum Gasteiger partial charge on any atom is -0.457 e. The van der Waals surface area contributed by atoms with Gasteiger partial charge < -0.3 is 15.4 Å². The van der Waals surface area contributed by atoms with Gasteiger partial charge in [-0.05, 0) is 49.9 Å². The summed E-state index contributed by atoms with van der Waals surface area (Å²) >= 11 is 0. The molecular formula is C20H22N4O. The lowest BCUT2D eigenvalue weighted by atomic mass is 10.1. The molecular weight excluding hydrogens is 312 g/mol. The fourth-order valence-corrected chi connectivity index (χ4v) is 3.18. The Balaban J connectivity index is 1.54. The van der Waals surface area contributed by atoms with Crippen molar-refractivity contribution in [3.05, 3.63) is 60.7 Å². The van der Waals surface area contributed by atoms with Gasteiger partial charge >= 0.3 is 0 Å². The van der Waals surface area contributed by atoms with Crippen molar-refractivity contribution in [3.63, 3.8) is 0 Å². The Hall–Kier alpha value is -2.79. The fraction of sp³-hybridized carbons (Fsp3) is 0.250. The second kappa shape index (κ2) is 6.99. The lowest BCUT2D eigenvalue weighted by Crippen LogP contribution is -2.30. The Morgan fingerprint density at radius 2 is 1.88 bits per heavy atom. The maximum absolute atomic E-state index is 5.85. The standard InChI is InChI=1S/C20H22N4O/c1-21-14-16-11-12-22-20-13-19(23-24(16)20)15-7-9-18(10-8-15)25-17-5-3-2-4-6-17/h2-10,13,16,21-22H,11-12,14H2,1H3. The van der Waals surface area contributed by atoms with Gasteiger partial charge in [-0.2, -0.15) is 5.10 Å². The van der Waals surface area contributed by atoms with Gasteiger partial charge in [0.2, 0.25) is 0 Å². The summed E-state index contributed by atoms with van der Waals surface area (Å²) in [5, 5.41) is 11.5. The van der Waals surface area contributed by atoms with Crippen LogP contribution in [0.2, 0.25) is 0 Å². The molecule has 1 aliphatic rings. The minimum atomic E-state index is 0.399. The first-order chi connectivity index (χ1) is 12.3. The van der Waals surface area contributed by atoms with Crippen LogP contribution in [0.4, 0.5) is 5.82 Å². The summed E-state index contributed by atoms with van der Waals surface area (Å²) in [5.41, 5.74) is 2.07. The SMILES string of the molecule is CNCC1CCNc2cc(-c3ccc(Oc4ccccc4)cc3)nn21. The number of benzene rings is 2. The summed E-state index contributed by atoms with van der Waals surface area (Å²) in [6, 6.07) is 20.4. The number of nitrogens with one attached hydrogen (secondary N) is 2. The van der Waals surface area contributed by atoms with E-state index in [0.29, 0.717) is 6.04 Å². The molecule has 1 atom stereocenters. The van der Waals surface area contributed by atoms with E-state index in [0.717, 1.165) is 48.1 Å². The number of hydrogen-bond acceptors (Lipinski definition) is 4. The van der Waals surface area contributed by atoms with Gasteiger partial charge in [0, 0.05) is 24.7 Å². The Labute approximate surface area is 147 Å². The lowest BCUT2D eigenvalue weighted by Gasteiger charge is -2.25.